The second-order valence-corrected chi connectivity index (χ2v) is 5.98. The van der Waals surface area contributed by atoms with Crippen molar-refractivity contribution in [2.75, 3.05) is 0 Å². The number of carbonyl (C=O) groups is 1. The van der Waals surface area contributed by atoms with Crippen LogP contribution in [0.5, 0.6) is 0 Å². The molecule has 2 nitrogen and oxygen atoms in total. The topological polar surface area (TPSA) is 29.1 Å². The molecule has 1 N–H and O–H groups in total. The molecule has 0 aliphatic heterocycles. The van der Waals surface area contributed by atoms with Crippen molar-refractivity contribution in [3.8, 4) is 0 Å². The largest absolute Gasteiger partial charge is 0.352 e. The number of halogens is 1. The third-order valence-electron chi connectivity index (χ3n) is 3.91. The Labute approximate surface area is 141 Å². The Kier molecular flexibility index (Phi) is 4.94. The number of nitrogens with one attached hydrogen (secondary N) is 1. The average Bonchev–Trinajstić information content (AvgIpc) is 2.59. The molecule has 3 heteroatoms. The summed E-state index contributed by atoms with van der Waals surface area (Å²) in [5.74, 6) is 0.0629. The molecule has 0 fully saturated rings. The molecular weight excluding hydrogens is 306 g/mol. The molecule has 0 radical (unpaired) electrons. The van der Waals surface area contributed by atoms with Crippen LogP contribution in [0.15, 0.2) is 66.7 Å². The number of benzene rings is 3. The SMILES string of the molecule is O=C(CCc1ccc(Cl)cc1)NCc1cccc2ccccc12. The summed E-state index contributed by atoms with van der Waals surface area (Å²) in [5.41, 5.74) is 2.26. The number of amides is 1. The van der Waals surface area contributed by atoms with Crippen molar-refractivity contribution in [1.82, 2.24) is 5.32 Å². The van der Waals surface area contributed by atoms with E-state index in [-0.39, 0.29) is 5.91 Å². The third kappa shape index (κ3) is 4.11. The van der Waals surface area contributed by atoms with Crippen molar-refractivity contribution >= 4 is 28.3 Å². The average molecular weight is 324 g/mol. The molecule has 0 unspecified atom stereocenters. The maximum absolute atomic E-state index is 12.1. The van der Waals surface area contributed by atoms with Crippen molar-refractivity contribution in [2.24, 2.45) is 0 Å². The normalized spacial score (nSPS) is 10.7. The van der Waals surface area contributed by atoms with Gasteiger partial charge in [-0.3, -0.25) is 4.79 Å². The monoisotopic (exact) mass is 323 g/mol. The van der Waals surface area contributed by atoms with E-state index < -0.39 is 0 Å². The Morgan fingerprint density at radius 2 is 1.65 bits per heavy atom. The molecular formula is C20H18ClNO. The quantitative estimate of drug-likeness (QED) is 0.721. The maximum atomic E-state index is 12.1. The van der Waals surface area contributed by atoms with Gasteiger partial charge in [0.25, 0.3) is 0 Å². The van der Waals surface area contributed by atoms with Gasteiger partial charge in [0.1, 0.15) is 0 Å². The molecule has 0 bridgehead atoms. The molecule has 0 saturated carbocycles. The highest BCUT2D eigenvalue weighted by Crippen LogP contribution is 2.18. The fourth-order valence-corrected chi connectivity index (χ4v) is 2.76. The van der Waals surface area contributed by atoms with Crippen LogP contribution in [0, 0.1) is 0 Å². The number of aryl methyl sites for hydroxylation is 1. The summed E-state index contributed by atoms with van der Waals surface area (Å²) < 4.78 is 0. The first kappa shape index (κ1) is 15.6. The van der Waals surface area contributed by atoms with Crippen LogP contribution in [0.4, 0.5) is 0 Å². The highest BCUT2D eigenvalue weighted by atomic mass is 35.5. The number of fused-ring (bicyclic) bond motifs is 1. The van der Waals surface area contributed by atoms with Crippen LogP contribution in [-0.4, -0.2) is 5.91 Å². The summed E-state index contributed by atoms with van der Waals surface area (Å²) in [4.78, 5) is 12.1. The molecule has 3 aromatic rings. The lowest BCUT2D eigenvalue weighted by Gasteiger charge is -2.08. The first-order valence-corrected chi connectivity index (χ1v) is 8.08. The van der Waals surface area contributed by atoms with Gasteiger partial charge in [-0.05, 0) is 40.5 Å². The van der Waals surface area contributed by atoms with Gasteiger partial charge in [-0.15, -0.1) is 0 Å². The molecule has 0 aliphatic carbocycles. The summed E-state index contributed by atoms with van der Waals surface area (Å²) in [6, 6.07) is 22.0. The van der Waals surface area contributed by atoms with Gasteiger partial charge < -0.3 is 5.32 Å². The van der Waals surface area contributed by atoms with E-state index in [1.807, 2.05) is 42.5 Å². The summed E-state index contributed by atoms with van der Waals surface area (Å²) in [6.45, 7) is 0.556. The smallest absolute Gasteiger partial charge is 0.220 e. The number of rotatable bonds is 5. The molecule has 0 atom stereocenters. The van der Waals surface area contributed by atoms with Crippen LogP contribution >= 0.6 is 11.6 Å². The number of carbonyl (C=O) groups excluding carboxylic acids is 1. The van der Waals surface area contributed by atoms with Crippen molar-refractivity contribution in [3.63, 3.8) is 0 Å². The van der Waals surface area contributed by atoms with Gasteiger partial charge in [-0.2, -0.15) is 0 Å². The lowest BCUT2D eigenvalue weighted by Crippen LogP contribution is -2.23. The zero-order valence-corrected chi connectivity index (χ0v) is 13.5. The molecule has 23 heavy (non-hydrogen) atoms. The van der Waals surface area contributed by atoms with Crippen molar-refractivity contribution < 1.29 is 4.79 Å². The standard InChI is InChI=1S/C20H18ClNO/c21-18-11-8-15(9-12-18)10-13-20(23)22-14-17-6-3-5-16-4-1-2-7-19(16)17/h1-9,11-12H,10,13-14H2,(H,22,23). The van der Waals surface area contributed by atoms with E-state index in [1.54, 1.807) is 0 Å². The van der Waals surface area contributed by atoms with Gasteiger partial charge in [0.2, 0.25) is 5.91 Å². The van der Waals surface area contributed by atoms with Gasteiger partial charge in [0.05, 0.1) is 0 Å². The van der Waals surface area contributed by atoms with Crippen LogP contribution < -0.4 is 5.32 Å². The summed E-state index contributed by atoms with van der Waals surface area (Å²) in [7, 11) is 0. The lowest BCUT2D eigenvalue weighted by molar-refractivity contribution is -0.121. The zero-order chi connectivity index (χ0) is 16.1. The highest BCUT2D eigenvalue weighted by molar-refractivity contribution is 6.30. The van der Waals surface area contributed by atoms with E-state index >= 15 is 0 Å². The Bertz CT molecular complexity index is 806. The molecule has 0 saturated heterocycles. The van der Waals surface area contributed by atoms with Gasteiger partial charge in [0, 0.05) is 18.0 Å². The number of hydrogen-bond acceptors (Lipinski definition) is 1. The summed E-state index contributed by atoms with van der Waals surface area (Å²) in [5, 5.41) is 6.11. The lowest BCUT2D eigenvalue weighted by atomic mass is 10.0. The number of hydrogen-bond donors (Lipinski definition) is 1. The minimum absolute atomic E-state index is 0.0629. The zero-order valence-electron chi connectivity index (χ0n) is 12.8. The molecule has 0 aliphatic rings. The highest BCUT2D eigenvalue weighted by Gasteiger charge is 2.05. The third-order valence-corrected chi connectivity index (χ3v) is 4.16. The summed E-state index contributed by atoms with van der Waals surface area (Å²) >= 11 is 5.86. The van der Waals surface area contributed by atoms with Crippen LogP contribution in [0.25, 0.3) is 10.8 Å². The Morgan fingerprint density at radius 1 is 0.913 bits per heavy atom. The maximum Gasteiger partial charge on any atom is 0.220 e. The van der Waals surface area contributed by atoms with E-state index in [0.29, 0.717) is 18.0 Å². The van der Waals surface area contributed by atoms with Gasteiger partial charge in [-0.25, -0.2) is 0 Å². The molecule has 116 valence electrons. The van der Waals surface area contributed by atoms with E-state index in [0.717, 1.165) is 17.5 Å². The minimum Gasteiger partial charge on any atom is -0.352 e. The van der Waals surface area contributed by atoms with Gasteiger partial charge in [0.15, 0.2) is 0 Å². The molecule has 3 rings (SSSR count). The second kappa shape index (κ2) is 7.30. The fourth-order valence-electron chi connectivity index (χ4n) is 2.64. The molecule has 0 spiro atoms. The molecule has 3 aromatic carbocycles. The van der Waals surface area contributed by atoms with Crippen molar-refractivity contribution in [2.45, 2.75) is 19.4 Å². The van der Waals surface area contributed by atoms with E-state index in [1.165, 1.54) is 10.8 Å². The molecule has 0 aromatic heterocycles. The van der Waals surface area contributed by atoms with Crippen LogP contribution in [0.2, 0.25) is 5.02 Å². The first-order chi connectivity index (χ1) is 11.2. The van der Waals surface area contributed by atoms with Crippen LogP contribution in [-0.2, 0) is 17.8 Å². The Balaban J connectivity index is 1.57. The minimum atomic E-state index is 0.0629. The van der Waals surface area contributed by atoms with E-state index in [4.69, 9.17) is 11.6 Å². The van der Waals surface area contributed by atoms with Crippen molar-refractivity contribution in [3.05, 3.63) is 82.9 Å². The van der Waals surface area contributed by atoms with E-state index in [9.17, 15) is 4.79 Å². The van der Waals surface area contributed by atoms with Crippen LogP contribution in [0.1, 0.15) is 17.5 Å². The first-order valence-electron chi connectivity index (χ1n) is 7.70. The Morgan fingerprint density at radius 3 is 2.48 bits per heavy atom. The summed E-state index contributed by atoms with van der Waals surface area (Å²) in [6.07, 6.45) is 1.20. The fraction of sp³-hybridized carbons (Fsp3) is 0.150. The molecule has 0 heterocycles. The van der Waals surface area contributed by atoms with Gasteiger partial charge >= 0.3 is 0 Å². The Hall–Kier alpha value is -2.32. The molecule has 1 amide bonds. The van der Waals surface area contributed by atoms with Crippen molar-refractivity contribution in [1.29, 1.82) is 0 Å². The van der Waals surface area contributed by atoms with Crippen LogP contribution in [0.3, 0.4) is 0 Å². The second-order valence-electron chi connectivity index (χ2n) is 5.54. The van der Waals surface area contributed by atoms with E-state index in [2.05, 4.69) is 29.6 Å². The van der Waals surface area contributed by atoms with Gasteiger partial charge in [-0.1, -0.05) is 66.2 Å². The predicted octanol–water partition coefficient (Wildman–Crippen LogP) is 4.74. The predicted molar refractivity (Wildman–Crippen MR) is 95.6 cm³/mol.